The molecule has 1 N–H and O–H groups in total. The van der Waals surface area contributed by atoms with Crippen LogP contribution in [-0.4, -0.2) is 45.1 Å². The van der Waals surface area contributed by atoms with E-state index < -0.39 is 11.5 Å². The van der Waals surface area contributed by atoms with Gasteiger partial charge >= 0.3 is 5.97 Å². The first-order valence-electron chi connectivity index (χ1n) is 4.63. The topological polar surface area (TPSA) is 40.5 Å². The SMILES string of the molecule is CC(C)(C(=O)O)N1CC2CC1CS2. The number of carboxylic acids is 1. The number of nitrogens with zero attached hydrogens (tertiary/aromatic N) is 1. The van der Waals surface area contributed by atoms with Crippen LogP contribution >= 0.6 is 11.8 Å². The molecular weight excluding hydrogens is 186 g/mol. The van der Waals surface area contributed by atoms with E-state index in [-0.39, 0.29) is 0 Å². The molecule has 2 fully saturated rings. The highest BCUT2D eigenvalue weighted by molar-refractivity contribution is 8.00. The van der Waals surface area contributed by atoms with E-state index >= 15 is 0 Å². The summed E-state index contributed by atoms with van der Waals surface area (Å²) in [5.74, 6) is 0.409. The molecule has 2 bridgehead atoms. The maximum atomic E-state index is 11.0. The largest absolute Gasteiger partial charge is 0.480 e. The average Bonchev–Trinajstić information content (AvgIpc) is 2.63. The lowest BCUT2D eigenvalue weighted by molar-refractivity contribution is -0.149. The average molecular weight is 201 g/mol. The Morgan fingerprint density at radius 1 is 1.62 bits per heavy atom. The first-order chi connectivity index (χ1) is 6.01. The molecule has 2 aliphatic heterocycles. The van der Waals surface area contributed by atoms with Gasteiger partial charge in [-0.25, -0.2) is 0 Å². The monoisotopic (exact) mass is 201 g/mol. The molecule has 0 amide bonds. The van der Waals surface area contributed by atoms with Gasteiger partial charge in [-0.2, -0.15) is 11.8 Å². The second-order valence-electron chi connectivity index (χ2n) is 4.36. The number of fused-ring (bicyclic) bond motifs is 2. The van der Waals surface area contributed by atoms with E-state index in [1.165, 1.54) is 6.42 Å². The van der Waals surface area contributed by atoms with Crippen LogP contribution < -0.4 is 0 Å². The Hall–Kier alpha value is -0.220. The van der Waals surface area contributed by atoms with Crippen LogP contribution in [-0.2, 0) is 4.79 Å². The molecule has 13 heavy (non-hydrogen) atoms. The number of carboxylic acid groups (broad SMARTS) is 1. The Bertz CT molecular complexity index is 242. The van der Waals surface area contributed by atoms with E-state index in [1.807, 2.05) is 11.8 Å². The summed E-state index contributed by atoms with van der Waals surface area (Å²) in [7, 11) is 0. The van der Waals surface area contributed by atoms with Gasteiger partial charge in [0.15, 0.2) is 0 Å². The van der Waals surface area contributed by atoms with Crippen LogP contribution in [0.5, 0.6) is 0 Å². The minimum absolute atomic E-state index is 0.501. The van der Waals surface area contributed by atoms with Gasteiger partial charge in [-0.15, -0.1) is 0 Å². The smallest absolute Gasteiger partial charge is 0.323 e. The number of carbonyl (C=O) groups is 1. The van der Waals surface area contributed by atoms with E-state index in [4.69, 9.17) is 5.11 Å². The third kappa shape index (κ3) is 1.36. The van der Waals surface area contributed by atoms with Crippen molar-refractivity contribution < 1.29 is 9.90 Å². The summed E-state index contributed by atoms with van der Waals surface area (Å²) in [5, 5.41) is 9.77. The molecule has 2 unspecified atom stereocenters. The van der Waals surface area contributed by atoms with Crippen LogP contribution in [0.1, 0.15) is 20.3 Å². The van der Waals surface area contributed by atoms with Gasteiger partial charge < -0.3 is 5.11 Å². The first kappa shape index (κ1) is 9.34. The van der Waals surface area contributed by atoms with Crippen molar-refractivity contribution in [1.82, 2.24) is 4.90 Å². The van der Waals surface area contributed by atoms with Gasteiger partial charge in [0.2, 0.25) is 0 Å². The molecule has 2 atom stereocenters. The Morgan fingerprint density at radius 3 is 2.69 bits per heavy atom. The number of hydrogen-bond donors (Lipinski definition) is 1. The minimum Gasteiger partial charge on any atom is -0.480 e. The van der Waals surface area contributed by atoms with Crippen molar-refractivity contribution in [3.63, 3.8) is 0 Å². The lowest BCUT2D eigenvalue weighted by Crippen LogP contribution is -2.54. The zero-order valence-corrected chi connectivity index (χ0v) is 8.80. The van der Waals surface area contributed by atoms with Crippen LogP contribution in [0, 0.1) is 0 Å². The molecule has 2 heterocycles. The Labute approximate surface area is 82.5 Å². The lowest BCUT2D eigenvalue weighted by atomic mass is 10.0. The van der Waals surface area contributed by atoms with E-state index in [0.29, 0.717) is 11.3 Å². The molecule has 0 spiro atoms. The van der Waals surface area contributed by atoms with Gasteiger partial charge in [-0.1, -0.05) is 0 Å². The van der Waals surface area contributed by atoms with E-state index in [2.05, 4.69) is 4.90 Å². The summed E-state index contributed by atoms with van der Waals surface area (Å²) in [6.45, 7) is 4.57. The Morgan fingerprint density at radius 2 is 2.31 bits per heavy atom. The molecule has 74 valence electrons. The fourth-order valence-corrected chi connectivity index (χ4v) is 3.64. The molecule has 2 rings (SSSR count). The number of thioether (sulfide) groups is 1. The predicted octanol–water partition coefficient (Wildman–Crippen LogP) is 1.04. The van der Waals surface area contributed by atoms with Crippen molar-refractivity contribution in [1.29, 1.82) is 0 Å². The zero-order valence-electron chi connectivity index (χ0n) is 7.99. The summed E-state index contributed by atoms with van der Waals surface area (Å²) in [6, 6.07) is 0.501. The third-order valence-corrected chi connectivity index (χ3v) is 4.53. The van der Waals surface area contributed by atoms with E-state index in [9.17, 15) is 4.79 Å². The maximum Gasteiger partial charge on any atom is 0.323 e. The van der Waals surface area contributed by atoms with Crippen molar-refractivity contribution in [3.05, 3.63) is 0 Å². The molecule has 0 saturated carbocycles. The Kier molecular flexibility index (Phi) is 2.07. The summed E-state index contributed by atoms with van der Waals surface area (Å²) in [5.41, 5.74) is -0.680. The molecule has 2 saturated heterocycles. The molecule has 0 aromatic carbocycles. The fourth-order valence-electron chi connectivity index (χ4n) is 2.21. The van der Waals surface area contributed by atoms with Gasteiger partial charge in [-0.3, -0.25) is 9.69 Å². The zero-order chi connectivity index (χ0) is 9.64. The lowest BCUT2D eigenvalue weighted by Gasteiger charge is -2.37. The minimum atomic E-state index is -0.704. The first-order valence-corrected chi connectivity index (χ1v) is 5.68. The molecule has 2 aliphatic rings. The second kappa shape index (κ2) is 2.89. The van der Waals surface area contributed by atoms with Gasteiger partial charge in [0.1, 0.15) is 5.54 Å². The van der Waals surface area contributed by atoms with Crippen LogP contribution in [0.25, 0.3) is 0 Å². The maximum absolute atomic E-state index is 11.0. The van der Waals surface area contributed by atoms with Crippen molar-refractivity contribution in [2.24, 2.45) is 0 Å². The van der Waals surface area contributed by atoms with Gasteiger partial charge in [0.25, 0.3) is 0 Å². The van der Waals surface area contributed by atoms with E-state index in [0.717, 1.165) is 12.3 Å². The quantitative estimate of drug-likeness (QED) is 0.724. The standard InChI is InChI=1S/C9H15NO2S/c1-9(2,8(11)12)10-4-7-3-6(10)5-13-7/h6-7H,3-5H2,1-2H3,(H,11,12). The third-order valence-electron chi connectivity index (χ3n) is 3.14. The normalized spacial score (nSPS) is 34.0. The van der Waals surface area contributed by atoms with Crippen LogP contribution in [0.2, 0.25) is 0 Å². The fraction of sp³-hybridized carbons (Fsp3) is 0.889. The number of likely N-dealkylation sites (tertiary alicyclic amines) is 1. The molecular formula is C9H15NO2S. The van der Waals surface area contributed by atoms with Crippen LogP contribution in [0.15, 0.2) is 0 Å². The highest BCUT2D eigenvalue weighted by Crippen LogP contribution is 2.40. The predicted molar refractivity (Wildman–Crippen MR) is 53.1 cm³/mol. The summed E-state index contributed by atoms with van der Waals surface area (Å²) < 4.78 is 0. The van der Waals surface area contributed by atoms with Gasteiger partial charge in [-0.05, 0) is 20.3 Å². The van der Waals surface area contributed by atoms with Crippen molar-refractivity contribution >= 4 is 17.7 Å². The number of hydrogen-bond acceptors (Lipinski definition) is 3. The van der Waals surface area contributed by atoms with E-state index in [1.54, 1.807) is 13.8 Å². The molecule has 3 nitrogen and oxygen atoms in total. The number of aliphatic carboxylic acids is 1. The molecule has 0 aromatic rings. The highest BCUT2D eigenvalue weighted by atomic mass is 32.2. The second-order valence-corrected chi connectivity index (χ2v) is 5.69. The highest BCUT2D eigenvalue weighted by Gasteiger charge is 2.47. The Balaban J connectivity index is 2.14. The molecule has 0 radical (unpaired) electrons. The molecule has 0 aliphatic carbocycles. The summed E-state index contributed by atoms with van der Waals surface area (Å²) in [4.78, 5) is 13.2. The van der Waals surface area contributed by atoms with Crippen molar-refractivity contribution in [2.75, 3.05) is 12.3 Å². The van der Waals surface area contributed by atoms with Crippen molar-refractivity contribution in [3.8, 4) is 0 Å². The van der Waals surface area contributed by atoms with Crippen LogP contribution in [0.3, 0.4) is 0 Å². The van der Waals surface area contributed by atoms with Gasteiger partial charge in [0.05, 0.1) is 0 Å². The summed E-state index contributed by atoms with van der Waals surface area (Å²) in [6.07, 6.45) is 1.18. The van der Waals surface area contributed by atoms with Crippen molar-refractivity contribution in [2.45, 2.75) is 37.1 Å². The van der Waals surface area contributed by atoms with Crippen LogP contribution in [0.4, 0.5) is 0 Å². The summed E-state index contributed by atoms with van der Waals surface area (Å²) >= 11 is 1.99. The molecule has 4 heteroatoms. The molecule has 0 aromatic heterocycles. The van der Waals surface area contributed by atoms with Gasteiger partial charge in [0, 0.05) is 23.6 Å². The number of rotatable bonds is 2.